The molecule has 0 aliphatic heterocycles. The van der Waals surface area contributed by atoms with Gasteiger partial charge in [0.2, 0.25) is 0 Å². The van der Waals surface area contributed by atoms with E-state index in [-0.39, 0.29) is 16.7 Å². The first kappa shape index (κ1) is 13.4. The minimum atomic E-state index is -4.65. The van der Waals surface area contributed by atoms with Crippen LogP contribution in [0, 0.1) is 5.82 Å². The summed E-state index contributed by atoms with van der Waals surface area (Å²) in [6.45, 7) is 0. The standard InChI is InChI=1S/C14H8F4N2O/c15-9-5-1-2-7-11(9)20-12-8(14(16,17)18)4-3-6-10(12)19-13(20)21/h1-7H,(H,19,21). The van der Waals surface area contributed by atoms with E-state index in [4.69, 9.17) is 0 Å². The number of aromatic nitrogens is 2. The van der Waals surface area contributed by atoms with Crippen molar-refractivity contribution in [2.45, 2.75) is 6.18 Å². The number of fused-ring (bicyclic) bond motifs is 1. The lowest BCUT2D eigenvalue weighted by atomic mass is 10.1. The van der Waals surface area contributed by atoms with Gasteiger partial charge in [0.15, 0.2) is 0 Å². The Labute approximate surface area is 115 Å². The molecule has 7 heteroatoms. The summed E-state index contributed by atoms with van der Waals surface area (Å²) in [4.78, 5) is 14.2. The van der Waals surface area contributed by atoms with Crippen LogP contribution < -0.4 is 5.69 Å². The zero-order chi connectivity index (χ0) is 15.2. The maximum atomic E-state index is 13.8. The lowest BCUT2D eigenvalue weighted by Crippen LogP contribution is -2.17. The minimum absolute atomic E-state index is 0.00178. The van der Waals surface area contributed by atoms with Gasteiger partial charge in [-0.1, -0.05) is 18.2 Å². The summed E-state index contributed by atoms with van der Waals surface area (Å²) in [5, 5.41) is 0. The lowest BCUT2D eigenvalue weighted by Gasteiger charge is -2.11. The summed E-state index contributed by atoms with van der Waals surface area (Å²) in [5.74, 6) is -0.780. The highest BCUT2D eigenvalue weighted by molar-refractivity contribution is 5.81. The van der Waals surface area contributed by atoms with Crippen molar-refractivity contribution in [3.05, 3.63) is 64.3 Å². The molecule has 108 valence electrons. The van der Waals surface area contributed by atoms with Crippen LogP contribution in [0.1, 0.15) is 5.56 Å². The largest absolute Gasteiger partial charge is 0.418 e. The van der Waals surface area contributed by atoms with Gasteiger partial charge in [0, 0.05) is 0 Å². The molecular weight excluding hydrogens is 288 g/mol. The monoisotopic (exact) mass is 296 g/mol. The molecule has 0 bridgehead atoms. The van der Waals surface area contributed by atoms with Gasteiger partial charge in [-0.3, -0.25) is 4.57 Å². The Morgan fingerprint density at radius 2 is 1.71 bits per heavy atom. The van der Waals surface area contributed by atoms with Crippen molar-refractivity contribution in [1.82, 2.24) is 9.55 Å². The van der Waals surface area contributed by atoms with E-state index in [0.29, 0.717) is 4.57 Å². The quantitative estimate of drug-likeness (QED) is 0.686. The average Bonchev–Trinajstić information content (AvgIpc) is 2.74. The van der Waals surface area contributed by atoms with E-state index in [9.17, 15) is 22.4 Å². The maximum absolute atomic E-state index is 13.8. The Morgan fingerprint density at radius 1 is 1.00 bits per heavy atom. The lowest BCUT2D eigenvalue weighted by molar-refractivity contribution is -0.136. The molecule has 0 radical (unpaired) electrons. The first-order valence-electron chi connectivity index (χ1n) is 5.95. The van der Waals surface area contributed by atoms with E-state index in [2.05, 4.69) is 4.98 Å². The van der Waals surface area contributed by atoms with Gasteiger partial charge in [-0.2, -0.15) is 13.2 Å². The Bertz CT molecular complexity index is 877. The number of imidazole rings is 1. The Balaban J connectivity index is 2.47. The topological polar surface area (TPSA) is 37.8 Å². The number of rotatable bonds is 1. The van der Waals surface area contributed by atoms with Crippen LogP contribution >= 0.6 is 0 Å². The predicted octanol–water partition coefficient (Wildman–Crippen LogP) is 3.48. The van der Waals surface area contributed by atoms with Crippen LogP contribution in [0.2, 0.25) is 0 Å². The van der Waals surface area contributed by atoms with E-state index in [1.807, 2.05) is 0 Å². The molecule has 0 spiro atoms. The zero-order valence-corrected chi connectivity index (χ0v) is 10.4. The number of nitrogens with zero attached hydrogens (tertiary/aromatic N) is 1. The summed E-state index contributed by atoms with van der Waals surface area (Å²) in [7, 11) is 0. The molecule has 1 heterocycles. The molecule has 0 fully saturated rings. The number of benzene rings is 2. The van der Waals surface area contributed by atoms with Crippen molar-refractivity contribution in [3.8, 4) is 5.69 Å². The normalized spacial score (nSPS) is 12.0. The Kier molecular flexibility index (Phi) is 2.86. The molecule has 3 nitrogen and oxygen atoms in total. The van der Waals surface area contributed by atoms with Crippen molar-refractivity contribution in [2.75, 3.05) is 0 Å². The van der Waals surface area contributed by atoms with Crippen LogP contribution in [-0.4, -0.2) is 9.55 Å². The van der Waals surface area contributed by atoms with E-state index in [1.54, 1.807) is 0 Å². The SMILES string of the molecule is O=c1[nH]c2cccc(C(F)(F)F)c2n1-c1ccccc1F. The number of hydrogen-bond acceptors (Lipinski definition) is 1. The second-order valence-corrected chi connectivity index (χ2v) is 4.42. The van der Waals surface area contributed by atoms with E-state index in [0.717, 1.165) is 12.1 Å². The van der Waals surface area contributed by atoms with Crippen molar-refractivity contribution in [1.29, 1.82) is 0 Å². The fraction of sp³-hybridized carbons (Fsp3) is 0.0714. The highest BCUT2D eigenvalue weighted by Gasteiger charge is 2.34. The second-order valence-electron chi connectivity index (χ2n) is 4.42. The predicted molar refractivity (Wildman–Crippen MR) is 68.9 cm³/mol. The van der Waals surface area contributed by atoms with Crippen molar-refractivity contribution in [2.24, 2.45) is 0 Å². The molecule has 0 aliphatic rings. The van der Waals surface area contributed by atoms with Crippen LogP contribution in [0.15, 0.2) is 47.3 Å². The molecule has 3 aromatic rings. The summed E-state index contributed by atoms with van der Waals surface area (Å²) in [6, 6.07) is 8.54. The Hall–Kier alpha value is -2.57. The first-order valence-corrected chi connectivity index (χ1v) is 5.95. The Morgan fingerprint density at radius 3 is 2.38 bits per heavy atom. The number of halogens is 4. The summed E-state index contributed by atoms with van der Waals surface area (Å²) >= 11 is 0. The smallest absolute Gasteiger partial charge is 0.305 e. The molecule has 3 rings (SSSR count). The highest BCUT2D eigenvalue weighted by atomic mass is 19.4. The molecule has 0 amide bonds. The van der Waals surface area contributed by atoms with Crippen LogP contribution in [0.25, 0.3) is 16.7 Å². The van der Waals surface area contributed by atoms with Gasteiger partial charge >= 0.3 is 11.9 Å². The number of para-hydroxylation sites is 2. The van der Waals surface area contributed by atoms with E-state index >= 15 is 0 Å². The average molecular weight is 296 g/mol. The molecule has 0 aliphatic carbocycles. The molecule has 1 N–H and O–H groups in total. The molecule has 2 aromatic carbocycles. The van der Waals surface area contributed by atoms with Crippen LogP contribution in [0.5, 0.6) is 0 Å². The van der Waals surface area contributed by atoms with Gasteiger partial charge in [0.1, 0.15) is 5.82 Å². The van der Waals surface area contributed by atoms with Gasteiger partial charge in [0.25, 0.3) is 0 Å². The van der Waals surface area contributed by atoms with Crippen LogP contribution in [0.3, 0.4) is 0 Å². The van der Waals surface area contributed by atoms with Crippen molar-refractivity contribution < 1.29 is 17.6 Å². The molecule has 1 aromatic heterocycles. The summed E-state index contributed by atoms with van der Waals surface area (Å²) in [5.41, 5.74) is -2.45. The number of nitrogens with one attached hydrogen (secondary N) is 1. The molecule has 0 atom stereocenters. The van der Waals surface area contributed by atoms with Crippen LogP contribution in [0.4, 0.5) is 17.6 Å². The molecule has 0 unspecified atom stereocenters. The third-order valence-corrected chi connectivity index (χ3v) is 3.10. The zero-order valence-electron chi connectivity index (χ0n) is 10.4. The van der Waals surface area contributed by atoms with Gasteiger partial charge in [-0.15, -0.1) is 0 Å². The third-order valence-electron chi connectivity index (χ3n) is 3.10. The first-order chi connectivity index (χ1) is 9.89. The highest BCUT2D eigenvalue weighted by Crippen LogP contribution is 2.34. The van der Waals surface area contributed by atoms with Gasteiger partial charge in [0.05, 0.1) is 22.3 Å². The number of H-pyrrole nitrogens is 1. The number of alkyl halides is 3. The molecule has 0 saturated carbocycles. The fourth-order valence-electron chi connectivity index (χ4n) is 2.25. The molecular formula is C14H8F4N2O. The number of aromatic amines is 1. The van der Waals surface area contributed by atoms with Crippen molar-refractivity contribution in [3.63, 3.8) is 0 Å². The van der Waals surface area contributed by atoms with Crippen LogP contribution in [-0.2, 0) is 6.18 Å². The van der Waals surface area contributed by atoms with Gasteiger partial charge < -0.3 is 4.98 Å². The van der Waals surface area contributed by atoms with Crippen molar-refractivity contribution >= 4 is 11.0 Å². The third kappa shape index (κ3) is 2.10. The molecule has 0 saturated heterocycles. The van der Waals surface area contributed by atoms with E-state index < -0.39 is 23.2 Å². The maximum Gasteiger partial charge on any atom is 0.418 e. The second kappa shape index (κ2) is 4.47. The summed E-state index contributed by atoms with van der Waals surface area (Å²) in [6.07, 6.45) is -4.65. The minimum Gasteiger partial charge on any atom is -0.305 e. The fourth-order valence-corrected chi connectivity index (χ4v) is 2.25. The molecule has 21 heavy (non-hydrogen) atoms. The van der Waals surface area contributed by atoms with Gasteiger partial charge in [-0.25, -0.2) is 9.18 Å². The number of hydrogen-bond donors (Lipinski definition) is 1. The van der Waals surface area contributed by atoms with Gasteiger partial charge in [-0.05, 0) is 24.3 Å². The summed E-state index contributed by atoms with van der Waals surface area (Å²) < 4.78 is 53.8. The van der Waals surface area contributed by atoms with E-state index in [1.165, 1.54) is 30.3 Å².